The number of benzene rings is 1. The Labute approximate surface area is 110 Å². The van der Waals surface area contributed by atoms with Gasteiger partial charge >= 0.3 is 0 Å². The Hall–Kier alpha value is -1.42. The summed E-state index contributed by atoms with van der Waals surface area (Å²) in [4.78, 5) is 11.7. The maximum Gasteiger partial charge on any atom is 0.249 e. The van der Waals surface area contributed by atoms with Gasteiger partial charge < -0.3 is 0 Å². The highest BCUT2D eigenvalue weighted by Gasteiger charge is 2.30. The predicted molar refractivity (Wildman–Crippen MR) is 69.1 cm³/mol. The number of hydrogen-bond acceptors (Lipinski definition) is 2. The van der Waals surface area contributed by atoms with Crippen LogP contribution >= 0.6 is 11.6 Å². The number of nitrogens with one attached hydrogen (secondary N) is 1. The lowest BCUT2D eigenvalue weighted by Gasteiger charge is -2.12. The molecule has 0 bridgehead atoms. The number of amides is 1. The monoisotopic (exact) mass is 268 g/mol. The maximum absolute atomic E-state index is 13.7. The Kier molecular flexibility index (Phi) is 3.97. The van der Waals surface area contributed by atoms with E-state index in [2.05, 4.69) is 10.5 Å². The summed E-state index contributed by atoms with van der Waals surface area (Å²) in [5, 5.41) is 4.35. The first kappa shape index (κ1) is 13.0. The SMILES string of the molecule is CCCC1=NNC(=O)[C@H]1Cc1c(F)cccc1Cl. The van der Waals surface area contributed by atoms with Crippen LogP contribution in [0.4, 0.5) is 4.39 Å². The van der Waals surface area contributed by atoms with Crippen LogP contribution in [0.15, 0.2) is 23.3 Å². The van der Waals surface area contributed by atoms with Crippen LogP contribution < -0.4 is 5.43 Å². The smallest absolute Gasteiger partial charge is 0.249 e. The zero-order valence-corrected chi connectivity index (χ0v) is 10.8. The second kappa shape index (κ2) is 5.48. The number of nitrogens with zero attached hydrogens (tertiary/aromatic N) is 1. The lowest BCUT2D eigenvalue weighted by Crippen LogP contribution is -2.25. The van der Waals surface area contributed by atoms with Gasteiger partial charge in [-0.3, -0.25) is 4.79 Å². The van der Waals surface area contributed by atoms with Gasteiger partial charge in [0.25, 0.3) is 0 Å². The summed E-state index contributed by atoms with van der Waals surface area (Å²) in [6.45, 7) is 2.01. The normalized spacial score (nSPS) is 18.7. The number of rotatable bonds is 4. The van der Waals surface area contributed by atoms with Gasteiger partial charge in [-0.1, -0.05) is 31.0 Å². The summed E-state index contributed by atoms with van der Waals surface area (Å²) in [6, 6.07) is 4.53. The lowest BCUT2D eigenvalue weighted by molar-refractivity contribution is -0.122. The second-order valence-corrected chi connectivity index (χ2v) is 4.69. The Bertz CT molecular complexity index is 482. The molecule has 1 atom stereocenters. The van der Waals surface area contributed by atoms with Crippen molar-refractivity contribution in [2.45, 2.75) is 26.2 Å². The van der Waals surface area contributed by atoms with Crippen LogP contribution in [-0.4, -0.2) is 11.6 Å². The molecule has 0 aliphatic carbocycles. The molecule has 1 aliphatic rings. The number of carbonyl (C=O) groups excluding carboxylic acids is 1. The standard InChI is InChI=1S/C13H14ClFN2O/c1-2-4-12-9(13(18)17-16-12)7-8-10(14)5-3-6-11(8)15/h3,5-6,9H,2,4,7H2,1H3,(H,17,18)/t9-/m0/s1. The quantitative estimate of drug-likeness (QED) is 0.896. The Morgan fingerprint density at radius 3 is 2.94 bits per heavy atom. The van der Waals surface area contributed by atoms with Gasteiger partial charge in [-0.2, -0.15) is 5.10 Å². The van der Waals surface area contributed by atoms with E-state index in [4.69, 9.17) is 11.6 Å². The molecular formula is C13H14ClFN2O. The minimum absolute atomic E-state index is 0.183. The predicted octanol–water partition coefficient (Wildman–Crippen LogP) is 2.92. The van der Waals surface area contributed by atoms with E-state index in [1.165, 1.54) is 6.07 Å². The van der Waals surface area contributed by atoms with E-state index >= 15 is 0 Å². The van der Waals surface area contributed by atoms with Gasteiger partial charge in [0.05, 0.1) is 11.6 Å². The largest absolute Gasteiger partial charge is 0.272 e. The van der Waals surface area contributed by atoms with Crippen molar-refractivity contribution in [3.8, 4) is 0 Å². The highest BCUT2D eigenvalue weighted by Crippen LogP contribution is 2.25. The molecular weight excluding hydrogens is 255 g/mol. The van der Waals surface area contributed by atoms with Gasteiger partial charge in [0.1, 0.15) is 5.82 Å². The van der Waals surface area contributed by atoms with Crippen molar-refractivity contribution in [1.82, 2.24) is 5.43 Å². The highest BCUT2D eigenvalue weighted by atomic mass is 35.5. The average molecular weight is 269 g/mol. The Balaban J connectivity index is 2.22. The highest BCUT2D eigenvalue weighted by molar-refractivity contribution is 6.31. The molecule has 1 amide bonds. The molecule has 18 heavy (non-hydrogen) atoms. The van der Waals surface area contributed by atoms with Crippen LogP contribution in [0.1, 0.15) is 25.3 Å². The molecule has 2 rings (SSSR count). The van der Waals surface area contributed by atoms with Crippen molar-refractivity contribution >= 4 is 23.2 Å². The van der Waals surface area contributed by atoms with E-state index in [1.807, 2.05) is 6.92 Å². The first-order valence-electron chi connectivity index (χ1n) is 5.92. The minimum atomic E-state index is -0.403. The second-order valence-electron chi connectivity index (χ2n) is 4.29. The van der Waals surface area contributed by atoms with Crippen molar-refractivity contribution in [3.05, 3.63) is 34.6 Å². The van der Waals surface area contributed by atoms with Gasteiger partial charge in [-0.15, -0.1) is 0 Å². The molecule has 1 aliphatic heterocycles. The van der Waals surface area contributed by atoms with Gasteiger partial charge in [0, 0.05) is 10.6 Å². The van der Waals surface area contributed by atoms with E-state index in [0.29, 0.717) is 10.6 Å². The molecule has 1 N–H and O–H groups in total. The number of hydrogen-bond donors (Lipinski definition) is 1. The first-order valence-corrected chi connectivity index (χ1v) is 6.30. The van der Waals surface area contributed by atoms with E-state index in [-0.39, 0.29) is 18.1 Å². The van der Waals surface area contributed by atoms with Crippen molar-refractivity contribution in [3.63, 3.8) is 0 Å². The fourth-order valence-corrected chi connectivity index (χ4v) is 2.30. The molecule has 0 spiro atoms. The molecule has 0 saturated carbocycles. The molecule has 1 aromatic rings. The van der Waals surface area contributed by atoms with Crippen LogP contribution in [0, 0.1) is 11.7 Å². The zero-order valence-electron chi connectivity index (χ0n) is 10.0. The third-order valence-electron chi connectivity index (χ3n) is 3.00. The Morgan fingerprint density at radius 2 is 2.28 bits per heavy atom. The third-order valence-corrected chi connectivity index (χ3v) is 3.36. The fourth-order valence-electron chi connectivity index (χ4n) is 2.06. The number of hydrazone groups is 1. The van der Waals surface area contributed by atoms with Gasteiger partial charge in [-0.05, 0) is 25.0 Å². The summed E-state index contributed by atoms with van der Waals surface area (Å²) in [5.74, 6) is -0.963. The summed E-state index contributed by atoms with van der Waals surface area (Å²) >= 11 is 5.97. The molecule has 0 aromatic heterocycles. The van der Waals surface area contributed by atoms with Crippen molar-refractivity contribution < 1.29 is 9.18 Å². The number of carbonyl (C=O) groups is 1. The van der Waals surface area contributed by atoms with Crippen LogP contribution in [0.5, 0.6) is 0 Å². The van der Waals surface area contributed by atoms with E-state index in [0.717, 1.165) is 18.6 Å². The van der Waals surface area contributed by atoms with Gasteiger partial charge in [0.15, 0.2) is 0 Å². The summed E-state index contributed by atoms with van der Waals surface area (Å²) in [5.41, 5.74) is 3.61. The van der Waals surface area contributed by atoms with E-state index in [1.54, 1.807) is 12.1 Å². The molecule has 5 heteroatoms. The molecule has 1 aromatic carbocycles. The molecule has 0 unspecified atom stereocenters. The van der Waals surface area contributed by atoms with Crippen LogP contribution in [0.2, 0.25) is 5.02 Å². The summed E-state index contributed by atoms with van der Waals surface area (Å²) in [6.07, 6.45) is 1.89. The van der Waals surface area contributed by atoms with Crippen LogP contribution in [0.3, 0.4) is 0 Å². The first-order chi connectivity index (χ1) is 8.63. The lowest BCUT2D eigenvalue weighted by atomic mass is 9.92. The van der Waals surface area contributed by atoms with Crippen molar-refractivity contribution in [1.29, 1.82) is 0 Å². The molecule has 0 saturated heterocycles. The van der Waals surface area contributed by atoms with Crippen LogP contribution in [0.25, 0.3) is 0 Å². The molecule has 96 valence electrons. The number of halogens is 2. The molecule has 0 radical (unpaired) electrons. The molecule has 3 nitrogen and oxygen atoms in total. The van der Waals surface area contributed by atoms with Crippen LogP contribution in [-0.2, 0) is 11.2 Å². The zero-order chi connectivity index (χ0) is 13.1. The maximum atomic E-state index is 13.7. The summed E-state index contributed by atoms with van der Waals surface area (Å²) < 4.78 is 13.7. The average Bonchev–Trinajstić information content (AvgIpc) is 2.66. The topological polar surface area (TPSA) is 41.5 Å². The van der Waals surface area contributed by atoms with Gasteiger partial charge in [-0.25, -0.2) is 9.82 Å². The van der Waals surface area contributed by atoms with Crippen molar-refractivity contribution in [2.24, 2.45) is 11.0 Å². The Morgan fingerprint density at radius 1 is 1.50 bits per heavy atom. The van der Waals surface area contributed by atoms with Gasteiger partial charge in [0.2, 0.25) is 5.91 Å². The third kappa shape index (κ3) is 2.53. The minimum Gasteiger partial charge on any atom is -0.272 e. The molecule has 0 fully saturated rings. The van der Waals surface area contributed by atoms with E-state index < -0.39 is 5.92 Å². The molecule has 1 heterocycles. The van der Waals surface area contributed by atoms with Crippen molar-refractivity contribution in [2.75, 3.05) is 0 Å². The summed E-state index contributed by atoms with van der Waals surface area (Å²) in [7, 11) is 0. The van der Waals surface area contributed by atoms with E-state index in [9.17, 15) is 9.18 Å². The fraction of sp³-hybridized carbons (Fsp3) is 0.385.